The standard InChI is InChI=1S/C43H28O2/c44-43(45)41-14-6-5-13-37(41)34-22-23-40-38(24-25-39(42(40)27-34)33-21-16-28-8-1-2-10-32(28)26-33)31-19-17-30(18-20-31)36-15-7-11-29-9-3-4-12-35(29)36/h1-27H,(H,44,45). The van der Waals surface area contributed by atoms with Crippen molar-refractivity contribution < 1.29 is 9.90 Å². The number of carboxylic acid groups (broad SMARTS) is 1. The molecule has 0 aliphatic heterocycles. The molecule has 2 nitrogen and oxygen atoms in total. The van der Waals surface area contributed by atoms with Gasteiger partial charge in [0.2, 0.25) is 0 Å². The summed E-state index contributed by atoms with van der Waals surface area (Å²) in [5, 5.41) is 17.0. The van der Waals surface area contributed by atoms with E-state index in [0.29, 0.717) is 11.1 Å². The number of aromatic carboxylic acids is 1. The van der Waals surface area contributed by atoms with E-state index in [-0.39, 0.29) is 0 Å². The lowest BCUT2D eigenvalue weighted by Crippen LogP contribution is -1.99. The van der Waals surface area contributed by atoms with Crippen LogP contribution in [0.3, 0.4) is 0 Å². The Balaban J connectivity index is 1.30. The molecule has 0 saturated carbocycles. The summed E-state index contributed by atoms with van der Waals surface area (Å²) in [4.78, 5) is 12.1. The van der Waals surface area contributed by atoms with Crippen LogP contribution < -0.4 is 0 Å². The van der Waals surface area contributed by atoms with Crippen molar-refractivity contribution in [2.75, 3.05) is 0 Å². The molecular weight excluding hydrogens is 548 g/mol. The average Bonchev–Trinajstić information content (AvgIpc) is 3.10. The molecule has 0 saturated heterocycles. The van der Waals surface area contributed by atoms with E-state index in [9.17, 15) is 9.90 Å². The third-order valence-corrected chi connectivity index (χ3v) is 8.84. The molecular formula is C43H28O2. The van der Waals surface area contributed by atoms with Crippen LogP contribution in [0.2, 0.25) is 0 Å². The van der Waals surface area contributed by atoms with E-state index >= 15 is 0 Å². The minimum Gasteiger partial charge on any atom is -0.478 e. The van der Waals surface area contributed by atoms with Gasteiger partial charge in [0.15, 0.2) is 0 Å². The summed E-state index contributed by atoms with van der Waals surface area (Å²) in [7, 11) is 0. The van der Waals surface area contributed by atoms with Crippen LogP contribution in [0.25, 0.3) is 76.8 Å². The Morgan fingerprint density at radius 1 is 0.356 bits per heavy atom. The molecule has 0 aromatic heterocycles. The van der Waals surface area contributed by atoms with Crippen molar-refractivity contribution in [1.82, 2.24) is 0 Å². The van der Waals surface area contributed by atoms with Gasteiger partial charge in [-0.1, -0.05) is 146 Å². The zero-order chi connectivity index (χ0) is 30.3. The first-order chi connectivity index (χ1) is 22.1. The minimum atomic E-state index is -0.930. The quantitative estimate of drug-likeness (QED) is 0.221. The fourth-order valence-corrected chi connectivity index (χ4v) is 6.60. The van der Waals surface area contributed by atoms with E-state index in [1.54, 1.807) is 12.1 Å². The van der Waals surface area contributed by atoms with Gasteiger partial charge in [-0.2, -0.15) is 0 Å². The second-order valence-electron chi connectivity index (χ2n) is 11.4. The molecule has 8 aromatic carbocycles. The molecule has 0 spiro atoms. The summed E-state index contributed by atoms with van der Waals surface area (Å²) in [5.41, 5.74) is 8.79. The Morgan fingerprint density at radius 3 is 1.67 bits per heavy atom. The van der Waals surface area contributed by atoms with Gasteiger partial charge in [0.1, 0.15) is 0 Å². The normalized spacial score (nSPS) is 11.3. The van der Waals surface area contributed by atoms with Crippen LogP contribution in [0.4, 0.5) is 0 Å². The van der Waals surface area contributed by atoms with Crippen LogP contribution in [0.15, 0.2) is 164 Å². The number of carbonyl (C=O) groups is 1. The first kappa shape index (κ1) is 26.6. The van der Waals surface area contributed by atoms with Gasteiger partial charge in [0.25, 0.3) is 0 Å². The second-order valence-corrected chi connectivity index (χ2v) is 11.4. The van der Waals surface area contributed by atoms with E-state index in [1.807, 2.05) is 18.2 Å². The zero-order valence-electron chi connectivity index (χ0n) is 24.4. The predicted octanol–water partition coefficient (Wildman–Crippen LogP) is 11.5. The largest absolute Gasteiger partial charge is 0.478 e. The number of carboxylic acids is 1. The first-order valence-electron chi connectivity index (χ1n) is 15.1. The minimum absolute atomic E-state index is 0.296. The maximum absolute atomic E-state index is 12.1. The molecule has 0 bridgehead atoms. The Morgan fingerprint density at radius 2 is 0.889 bits per heavy atom. The van der Waals surface area contributed by atoms with Gasteiger partial charge in [-0.25, -0.2) is 4.79 Å². The van der Waals surface area contributed by atoms with Crippen LogP contribution in [0, 0.1) is 0 Å². The van der Waals surface area contributed by atoms with Gasteiger partial charge in [-0.15, -0.1) is 0 Å². The van der Waals surface area contributed by atoms with Gasteiger partial charge >= 0.3 is 5.97 Å². The molecule has 0 amide bonds. The average molecular weight is 577 g/mol. The predicted molar refractivity (Wildman–Crippen MR) is 188 cm³/mol. The van der Waals surface area contributed by atoms with Crippen LogP contribution in [0.1, 0.15) is 10.4 Å². The van der Waals surface area contributed by atoms with Gasteiger partial charge in [0, 0.05) is 0 Å². The lowest BCUT2D eigenvalue weighted by molar-refractivity contribution is 0.0697. The summed E-state index contributed by atoms with van der Waals surface area (Å²) in [6.07, 6.45) is 0. The van der Waals surface area contributed by atoms with Gasteiger partial charge in [-0.3, -0.25) is 0 Å². The smallest absolute Gasteiger partial charge is 0.336 e. The molecule has 1 N–H and O–H groups in total. The van der Waals surface area contributed by atoms with E-state index in [4.69, 9.17) is 0 Å². The Kier molecular flexibility index (Phi) is 6.47. The summed E-state index contributed by atoms with van der Waals surface area (Å²) >= 11 is 0. The number of benzene rings is 8. The Hall–Kier alpha value is -5.99. The second kappa shape index (κ2) is 10.9. The molecule has 0 aliphatic carbocycles. The van der Waals surface area contributed by atoms with E-state index in [1.165, 1.54) is 32.7 Å². The summed E-state index contributed by atoms with van der Waals surface area (Å²) in [6.45, 7) is 0. The molecule has 0 atom stereocenters. The highest BCUT2D eigenvalue weighted by Crippen LogP contribution is 2.40. The SMILES string of the molecule is O=C(O)c1ccccc1-c1ccc2c(-c3ccc(-c4cccc5ccccc45)cc3)ccc(-c3ccc4ccccc4c3)c2c1. The lowest BCUT2D eigenvalue weighted by atomic mass is 9.88. The third kappa shape index (κ3) is 4.74. The number of hydrogen-bond acceptors (Lipinski definition) is 1. The molecule has 0 fully saturated rings. The highest BCUT2D eigenvalue weighted by Gasteiger charge is 2.15. The van der Waals surface area contributed by atoms with Gasteiger partial charge in [-0.05, 0) is 95.0 Å². The van der Waals surface area contributed by atoms with Crippen molar-refractivity contribution >= 4 is 38.3 Å². The molecule has 212 valence electrons. The highest BCUT2D eigenvalue weighted by atomic mass is 16.4. The van der Waals surface area contributed by atoms with Crippen molar-refractivity contribution in [3.8, 4) is 44.5 Å². The Bertz CT molecular complexity index is 2390. The fourth-order valence-electron chi connectivity index (χ4n) is 6.60. The molecule has 45 heavy (non-hydrogen) atoms. The molecule has 2 heteroatoms. The van der Waals surface area contributed by atoms with Crippen LogP contribution in [-0.2, 0) is 0 Å². The molecule has 8 aromatic rings. The summed E-state index contributed by atoms with van der Waals surface area (Å²) < 4.78 is 0. The number of fused-ring (bicyclic) bond motifs is 3. The van der Waals surface area contributed by atoms with Crippen molar-refractivity contribution in [2.24, 2.45) is 0 Å². The number of hydrogen-bond donors (Lipinski definition) is 1. The van der Waals surface area contributed by atoms with Gasteiger partial charge < -0.3 is 5.11 Å². The van der Waals surface area contributed by atoms with Crippen molar-refractivity contribution in [2.45, 2.75) is 0 Å². The molecule has 8 rings (SSSR count). The molecule has 0 unspecified atom stereocenters. The van der Waals surface area contributed by atoms with Crippen LogP contribution >= 0.6 is 0 Å². The Labute approximate surface area is 261 Å². The topological polar surface area (TPSA) is 37.3 Å². The zero-order valence-corrected chi connectivity index (χ0v) is 24.4. The van der Waals surface area contributed by atoms with Gasteiger partial charge in [0.05, 0.1) is 5.56 Å². The van der Waals surface area contributed by atoms with Crippen molar-refractivity contribution in [1.29, 1.82) is 0 Å². The van der Waals surface area contributed by atoms with Crippen LogP contribution in [0.5, 0.6) is 0 Å². The molecule has 0 heterocycles. The summed E-state index contributed by atoms with van der Waals surface area (Å²) in [5.74, 6) is -0.930. The van der Waals surface area contributed by atoms with E-state index < -0.39 is 5.97 Å². The van der Waals surface area contributed by atoms with Crippen LogP contribution in [-0.4, -0.2) is 11.1 Å². The molecule has 0 radical (unpaired) electrons. The maximum Gasteiger partial charge on any atom is 0.336 e. The van der Waals surface area contributed by atoms with Crippen molar-refractivity contribution in [3.05, 3.63) is 169 Å². The lowest BCUT2D eigenvalue weighted by Gasteiger charge is -2.16. The van der Waals surface area contributed by atoms with Crippen molar-refractivity contribution in [3.63, 3.8) is 0 Å². The van der Waals surface area contributed by atoms with E-state index in [2.05, 4.69) is 133 Å². The monoisotopic (exact) mass is 576 g/mol. The van der Waals surface area contributed by atoms with E-state index in [0.717, 1.165) is 38.6 Å². The summed E-state index contributed by atoms with van der Waals surface area (Å²) in [6, 6.07) is 56.7. The third-order valence-electron chi connectivity index (χ3n) is 8.84. The number of rotatable bonds is 5. The highest BCUT2D eigenvalue weighted by molar-refractivity contribution is 6.08. The maximum atomic E-state index is 12.1. The first-order valence-corrected chi connectivity index (χ1v) is 15.1. The molecule has 0 aliphatic rings. The fraction of sp³-hybridized carbons (Fsp3) is 0.